The zero-order valence-electron chi connectivity index (χ0n) is 16.1. The molecule has 4 heteroatoms. The van der Waals surface area contributed by atoms with Gasteiger partial charge >= 0.3 is 5.97 Å². The van der Waals surface area contributed by atoms with E-state index in [1.165, 1.54) is 6.07 Å². The number of rotatable bonds is 5. The third kappa shape index (κ3) is 4.13. The Balaban J connectivity index is 1.61. The van der Waals surface area contributed by atoms with Crippen LogP contribution in [0.2, 0.25) is 0 Å². The minimum absolute atomic E-state index is 0.0453. The molecule has 0 aromatic heterocycles. The van der Waals surface area contributed by atoms with Gasteiger partial charge in [-0.15, -0.1) is 0 Å². The monoisotopic (exact) mass is 393 g/mol. The molecule has 0 radical (unpaired) electrons. The molecular weight excluding hydrogens is 374 g/mol. The van der Waals surface area contributed by atoms with Crippen molar-refractivity contribution >= 4 is 17.6 Å². The number of amides is 1. The molecule has 0 aliphatic heterocycles. The van der Waals surface area contributed by atoms with Gasteiger partial charge in [0.25, 0.3) is 5.91 Å². The molecule has 146 valence electrons. The molecule has 4 aromatic rings. The van der Waals surface area contributed by atoms with Crippen molar-refractivity contribution in [2.24, 2.45) is 0 Å². The van der Waals surface area contributed by atoms with Crippen LogP contribution in [0, 0.1) is 0 Å². The average Bonchev–Trinajstić information content (AvgIpc) is 2.80. The predicted octanol–water partition coefficient (Wildman–Crippen LogP) is 5.97. The topological polar surface area (TPSA) is 66.4 Å². The number of hydrogen-bond donors (Lipinski definition) is 2. The van der Waals surface area contributed by atoms with Crippen LogP contribution in [0.3, 0.4) is 0 Å². The molecule has 0 aliphatic carbocycles. The molecule has 1 amide bonds. The zero-order chi connectivity index (χ0) is 20.9. The largest absolute Gasteiger partial charge is 0.478 e. The van der Waals surface area contributed by atoms with Gasteiger partial charge in [-0.3, -0.25) is 4.79 Å². The molecule has 0 atom stereocenters. The third-order valence-electron chi connectivity index (χ3n) is 4.86. The summed E-state index contributed by atoms with van der Waals surface area (Å²) in [7, 11) is 0. The number of carbonyl (C=O) groups is 2. The lowest BCUT2D eigenvalue weighted by Crippen LogP contribution is -2.15. The summed E-state index contributed by atoms with van der Waals surface area (Å²) in [6.45, 7) is 0. The molecule has 30 heavy (non-hydrogen) atoms. The molecule has 0 bridgehead atoms. The normalized spacial score (nSPS) is 10.4. The highest BCUT2D eigenvalue weighted by molar-refractivity contribution is 6.08. The Labute approximate surface area is 174 Å². The lowest BCUT2D eigenvalue weighted by atomic mass is 10.0. The SMILES string of the molecule is O=C(Nc1cc(-c2ccccc2)ccc1C(=O)O)c1ccc(-c2ccccc2)cc1. The van der Waals surface area contributed by atoms with Gasteiger partial charge in [0.2, 0.25) is 0 Å². The van der Waals surface area contributed by atoms with Crippen LogP contribution in [0.1, 0.15) is 20.7 Å². The predicted molar refractivity (Wildman–Crippen MR) is 119 cm³/mol. The van der Waals surface area contributed by atoms with Gasteiger partial charge < -0.3 is 10.4 Å². The Morgan fingerprint density at radius 1 is 0.600 bits per heavy atom. The molecule has 0 unspecified atom stereocenters. The van der Waals surface area contributed by atoms with Crippen molar-refractivity contribution in [2.45, 2.75) is 0 Å². The van der Waals surface area contributed by atoms with Crippen LogP contribution in [0.5, 0.6) is 0 Å². The van der Waals surface area contributed by atoms with Crippen LogP contribution < -0.4 is 5.32 Å². The minimum Gasteiger partial charge on any atom is -0.478 e. The van der Waals surface area contributed by atoms with Crippen molar-refractivity contribution in [1.82, 2.24) is 0 Å². The first kappa shape index (κ1) is 19.2. The van der Waals surface area contributed by atoms with Crippen LogP contribution in [0.4, 0.5) is 5.69 Å². The van der Waals surface area contributed by atoms with Crippen LogP contribution in [0.25, 0.3) is 22.3 Å². The van der Waals surface area contributed by atoms with Gasteiger partial charge in [-0.25, -0.2) is 4.79 Å². The van der Waals surface area contributed by atoms with E-state index in [1.807, 2.05) is 72.8 Å². The number of carboxylic acid groups (broad SMARTS) is 1. The van der Waals surface area contributed by atoms with Crippen molar-refractivity contribution in [2.75, 3.05) is 5.32 Å². The summed E-state index contributed by atoms with van der Waals surface area (Å²) >= 11 is 0. The Morgan fingerprint density at radius 3 is 1.67 bits per heavy atom. The zero-order valence-corrected chi connectivity index (χ0v) is 16.1. The molecule has 2 N–H and O–H groups in total. The molecule has 0 aliphatic rings. The summed E-state index contributed by atoms with van der Waals surface area (Å²) < 4.78 is 0. The highest BCUT2D eigenvalue weighted by Crippen LogP contribution is 2.27. The van der Waals surface area contributed by atoms with Gasteiger partial charge in [-0.1, -0.05) is 78.9 Å². The van der Waals surface area contributed by atoms with Crippen LogP contribution in [-0.4, -0.2) is 17.0 Å². The second-order valence-corrected chi connectivity index (χ2v) is 6.83. The van der Waals surface area contributed by atoms with Crippen LogP contribution in [0.15, 0.2) is 103 Å². The summed E-state index contributed by atoms with van der Waals surface area (Å²) in [5.41, 5.74) is 4.60. The van der Waals surface area contributed by atoms with E-state index in [4.69, 9.17) is 0 Å². The van der Waals surface area contributed by atoms with Gasteiger partial charge in [-0.05, 0) is 46.5 Å². The molecule has 4 rings (SSSR count). The molecule has 0 saturated heterocycles. The van der Waals surface area contributed by atoms with Gasteiger partial charge in [0.1, 0.15) is 0 Å². The summed E-state index contributed by atoms with van der Waals surface area (Å²) in [5.74, 6) is -1.45. The average molecular weight is 393 g/mol. The van der Waals surface area contributed by atoms with E-state index >= 15 is 0 Å². The fraction of sp³-hybridized carbons (Fsp3) is 0. The van der Waals surface area contributed by atoms with E-state index in [0.717, 1.165) is 22.3 Å². The van der Waals surface area contributed by atoms with Crippen molar-refractivity contribution in [3.05, 3.63) is 114 Å². The first-order valence-corrected chi connectivity index (χ1v) is 9.51. The molecule has 4 aromatic carbocycles. The Bertz CT molecular complexity index is 1180. The number of nitrogens with one attached hydrogen (secondary N) is 1. The first-order valence-electron chi connectivity index (χ1n) is 9.51. The van der Waals surface area contributed by atoms with Gasteiger partial charge in [0.15, 0.2) is 0 Å². The molecule has 0 heterocycles. The number of hydrogen-bond acceptors (Lipinski definition) is 2. The van der Waals surface area contributed by atoms with Crippen molar-refractivity contribution < 1.29 is 14.7 Å². The van der Waals surface area contributed by atoms with E-state index in [9.17, 15) is 14.7 Å². The minimum atomic E-state index is -1.09. The number of aromatic carboxylic acids is 1. The summed E-state index contributed by atoms with van der Waals surface area (Å²) in [6.07, 6.45) is 0. The number of carbonyl (C=O) groups excluding carboxylic acids is 1. The highest BCUT2D eigenvalue weighted by atomic mass is 16.4. The fourth-order valence-corrected chi connectivity index (χ4v) is 3.28. The van der Waals surface area contributed by atoms with E-state index in [2.05, 4.69) is 5.32 Å². The second-order valence-electron chi connectivity index (χ2n) is 6.83. The van der Waals surface area contributed by atoms with Crippen LogP contribution in [-0.2, 0) is 0 Å². The number of benzene rings is 4. The van der Waals surface area contributed by atoms with Crippen molar-refractivity contribution in [3.63, 3.8) is 0 Å². The van der Waals surface area contributed by atoms with Gasteiger partial charge in [0.05, 0.1) is 11.3 Å². The lowest BCUT2D eigenvalue weighted by Gasteiger charge is -2.12. The molecule has 4 nitrogen and oxygen atoms in total. The lowest BCUT2D eigenvalue weighted by molar-refractivity contribution is 0.0698. The van der Waals surface area contributed by atoms with E-state index < -0.39 is 5.97 Å². The number of anilines is 1. The standard InChI is InChI=1S/C26H19NO3/c28-25(21-13-11-20(12-14-21)18-7-3-1-4-8-18)27-24-17-22(15-16-23(24)26(29)30)19-9-5-2-6-10-19/h1-17H,(H,27,28)(H,29,30). The molecule has 0 fully saturated rings. The summed E-state index contributed by atoms with van der Waals surface area (Å²) in [4.78, 5) is 24.4. The fourth-order valence-electron chi connectivity index (χ4n) is 3.28. The Morgan fingerprint density at radius 2 is 1.10 bits per heavy atom. The maximum Gasteiger partial charge on any atom is 0.337 e. The first-order chi connectivity index (χ1) is 14.6. The van der Waals surface area contributed by atoms with Crippen LogP contribution >= 0.6 is 0 Å². The second kappa shape index (κ2) is 8.45. The Hall–Kier alpha value is -4.18. The van der Waals surface area contributed by atoms with E-state index in [-0.39, 0.29) is 17.2 Å². The Kier molecular flexibility index (Phi) is 5.39. The van der Waals surface area contributed by atoms with E-state index in [0.29, 0.717) is 5.56 Å². The highest BCUT2D eigenvalue weighted by Gasteiger charge is 2.15. The summed E-state index contributed by atoms with van der Waals surface area (Å²) in [6, 6.07) is 31.7. The maximum absolute atomic E-state index is 12.8. The maximum atomic E-state index is 12.8. The van der Waals surface area contributed by atoms with Crippen molar-refractivity contribution in [1.29, 1.82) is 0 Å². The third-order valence-corrected chi connectivity index (χ3v) is 4.86. The molecular formula is C26H19NO3. The smallest absolute Gasteiger partial charge is 0.337 e. The van der Waals surface area contributed by atoms with Gasteiger partial charge in [-0.2, -0.15) is 0 Å². The summed E-state index contributed by atoms with van der Waals surface area (Å²) in [5, 5.41) is 12.3. The number of carboxylic acids is 1. The molecule has 0 saturated carbocycles. The molecule has 0 spiro atoms. The van der Waals surface area contributed by atoms with Crippen molar-refractivity contribution in [3.8, 4) is 22.3 Å². The van der Waals surface area contributed by atoms with Gasteiger partial charge in [0, 0.05) is 5.56 Å². The quantitative estimate of drug-likeness (QED) is 0.439. The van der Waals surface area contributed by atoms with E-state index in [1.54, 1.807) is 24.3 Å².